The molecule has 0 spiro atoms. The summed E-state index contributed by atoms with van der Waals surface area (Å²) in [6, 6.07) is 11.4. The van der Waals surface area contributed by atoms with E-state index in [9.17, 15) is 22.8 Å². The average Bonchev–Trinajstić information content (AvgIpc) is 2.74. The number of unbranched alkanes of at least 4 members (excludes halogenated alkanes) is 1. The molecule has 0 fully saturated rings. The van der Waals surface area contributed by atoms with E-state index in [2.05, 4.69) is 38.2 Å². The normalized spacial score (nSPS) is 13.0. The lowest BCUT2D eigenvalue weighted by atomic mass is 9.87. The number of hydrogen-bond donors (Lipinski definition) is 1. The van der Waals surface area contributed by atoms with E-state index in [1.54, 1.807) is 0 Å². The van der Waals surface area contributed by atoms with Crippen molar-refractivity contribution in [2.24, 2.45) is 0 Å². The van der Waals surface area contributed by atoms with Crippen LogP contribution >= 0.6 is 11.8 Å². The maximum absolute atomic E-state index is 12.8. The lowest BCUT2D eigenvalue weighted by Gasteiger charge is -2.19. The van der Waals surface area contributed by atoms with Gasteiger partial charge in [0.25, 0.3) is 5.91 Å². The zero-order valence-corrected chi connectivity index (χ0v) is 19.7. The van der Waals surface area contributed by atoms with Gasteiger partial charge in [-0.25, -0.2) is 0 Å². The van der Waals surface area contributed by atoms with Crippen LogP contribution in [0.25, 0.3) is 0 Å². The zero-order chi connectivity index (χ0) is 23.9. The average molecular weight is 466 g/mol. The number of halogens is 3. The second-order valence-corrected chi connectivity index (χ2v) is 9.78. The standard InChI is InChI=1S/C25H30F3NO2S/c1-5-6-7-21(29-22(30)18-10-14-20(15-11-18)25(26,27)28)23(31)32-16-17-8-12-19(13-9-17)24(2,3)4/h8-15,21H,5-7,16H2,1-4H3,(H,29,30)/t21-/m1/s1. The van der Waals surface area contributed by atoms with Gasteiger partial charge < -0.3 is 5.32 Å². The van der Waals surface area contributed by atoms with Gasteiger partial charge in [0.2, 0.25) is 5.12 Å². The smallest absolute Gasteiger partial charge is 0.341 e. The van der Waals surface area contributed by atoms with Crippen molar-refractivity contribution in [2.45, 2.75) is 70.3 Å². The predicted molar refractivity (Wildman–Crippen MR) is 124 cm³/mol. The minimum atomic E-state index is -4.46. The molecular formula is C25H30F3NO2S. The van der Waals surface area contributed by atoms with Crippen molar-refractivity contribution in [3.8, 4) is 0 Å². The van der Waals surface area contributed by atoms with Gasteiger partial charge in [-0.15, -0.1) is 0 Å². The fourth-order valence-electron chi connectivity index (χ4n) is 3.07. The van der Waals surface area contributed by atoms with Crippen molar-refractivity contribution in [1.82, 2.24) is 5.32 Å². The molecule has 7 heteroatoms. The quantitative estimate of drug-likeness (QED) is 0.469. The highest BCUT2D eigenvalue weighted by Gasteiger charge is 2.30. The van der Waals surface area contributed by atoms with E-state index in [1.165, 1.54) is 5.56 Å². The Balaban J connectivity index is 2.02. The maximum Gasteiger partial charge on any atom is 0.416 e. The van der Waals surface area contributed by atoms with Crippen molar-refractivity contribution in [1.29, 1.82) is 0 Å². The summed E-state index contributed by atoms with van der Waals surface area (Å²) in [5.41, 5.74) is 1.55. The highest BCUT2D eigenvalue weighted by molar-refractivity contribution is 8.13. The van der Waals surface area contributed by atoms with Crippen molar-refractivity contribution >= 4 is 22.8 Å². The molecule has 32 heavy (non-hydrogen) atoms. The van der Waals surface area contributed by atoms with E-state index in [0.717, 1.165) is 54.4 Å². The third-order valence-corrected chi connectivity index (χ3v) is 6.16. The molecule has 0 aliphatic carbocycles. The van der Waals surface area contributed by atoms with Crippen LogP contribution in [-0.2, 0) is 22.1 Å². The van der Waals surface area contributed by atoms with E-state index < -0.39 is 23.7 Å². The molecule has 2 aromatic carbocycles. The summed E-state index contributed by atoms with van der Waals surface area (Å²) < 4.78 is 38.2. The van der Waals surface area contributed by atoms with Gasteiger partial charge in [-0.2, -0.15) is 13.2 Å². The first-order valence-electron chi connectivity index (χ1n) is 10.7. The number of carbonyl (C=O) groups is 2. The Hall–Kier alpha value is -2.28. The number of nitrogens with one attached hydrogen (secondary N) is 1. The lowest BCUT2D eigenvalue weighted by Crippen LogP contribution is -2.39. The Labute approximate surface area is 192 Å². The van der Waals surface area contributed by atoms with Gasteiger partial charge in [-0.1, -0.05) is 76.6 Å². The van der Waals surface area contributed by atoms with Crippen LogP contribution in [0.3, 0.4) is 0 Å². The third kappa shape index (κ3) is 7.69. The van der Waals surface area contributed by atoms with E-state index in [0.29, 0.717) is 12.2 Å². The van der Waals surface area contributed by atoms with Crippen molar-refractivity contribution < 1.29 is 22.8 Å². The second-order valence-electron chi connectivity index (χ2n) is 8.80. The van der Waals surface area contributed by atoms with Crippen molar-refractivity contribution in [2.75, 3.05) is 0 Å². The Bertz CT molecular complexity index is 901. The minimum Gasteiger partial charge on any atom is -0.341 e. The van der Waals surface area contributed by atoms with E-state index >= 15 is 0 Å². The Kier molecular flexibility index (Phi) is 8.96. The predicted octanol–water partition coefficient (Wildman–Crippen LogP) is 6.75. The van der Waals surface area contributed by atoms with Crippen LogP contribution in [0, 0.1) is 0 Å². The third-order valence-electron chi connectivity index (χ3n) is 5.11. The van der Waals surface area contributed by atoms with Gasteiger partial charge in [-0.05, 0) is 47.2 Å². The topological polar surface area (TPSA) is 46.2 Å². The number of hydrogen-bond acceptors (Lipinski definition) is 3. The Morgan fingerprint density at radius 1 is 0.938 bits per heavy atom. The van der Waals surface area contributed by atoms with Crippen LogP contribution in [-0.4, -0.2) is 17.1 Å². The molecule has 0 unspecified atom stereocenters. The van der Waals surface area contributed by atoms with Gasteiger partial charge in [0.15, 0.2) is 0 Å². The first-order valence-corrected chi connectivity index (χ1v) is 11.6. The van der Waals surface area contributed by atoms with Crippen molar-refractivity contribution in [3.63, 3.8) is 0 Å². The molecular weight excluding hydrogens is 435 g/mol. The number of amides is 1. The van der Waals surface area contributed by atoms with Crippen LogP contribution in [0.2, 0.25) is 0 Å². The molecule has 0 heterocycles. The highest BCUT2D eigenvalue weighted by Crippen LogP contribution is 2.29. The first-order chi connectivity index (χ1) is 14.9. The molecule has 174 valence electrons. The second kappa shape index (κ2) is 11.0. The summed E-state index contributed by atoms with van der Waals surface area (Å²) in [4.78, 5) is 25.3. The molecule has 2 aromatic rings. The molecule has 0 aliphatic heterocycles. The zero-order valence-electron chi connectivity index (χ0n) is 18.9. The summed E-state index contributed by atoms with van der Waals surface area (Å²) in [6.07, 6.45) is -2.36. The number of rotatable bonds is 8. The SMILES string of the molecule is CCCC[C@@H](NC(=O)c1ccc(C(F)(F)F)cc1)C(=O)SCc1ccc(C(C)(C)C)cc1. The number of carbonyl (C=O) groups excluding carboxylic acids is 2. The van der Waals surface area contributed by atoms with Crippen molar-refractivity contribution in [3.05, 3.63) is 70.8 Å². The lowest BCUT2D eigenvalue weighted by molar-refractivity contribution is -0.137. The van der Waals surface area contributed by atoms with Gasteiger partial charge in [-0.3, -0.25) is 9.59 Å². The molecule has 3 nitrogen and oxygen atoms in total. The molecule has 0 aliphatic rings. The molecule has 1 atom stereocenters. The monoisotopic (exact) mass is 465 g/mol. The Morgan fingerprint density at radius 3 is 2.00 bits per heavy atom. The molecule has 0 saturated heterocycles. The summed E-state index contributed by atoms with van der Waals surface area (Å²) in [7, 11) is 0. The van der Waals surface area contributed by atoms with Crippen LogP contribution in [0.4, 0.5) is 13.2 Å². The summed E-state index contributed by atoms with van der Waals surface area (Å²) in [6.45, 7) is 8.40. The summed E-state index contributed by atoms with van der Waals surface area (Å²) >= 11 is 1.14. The summed E-state index contributed by atoms with van der Waals surface area (Å²) in [5.74, 6) is -0.0644. The fraction of sp³-hybridized carbons (Fsp3) is 0.440. The van der Waals surface area contributed by atoms with E-state index in [4.69, 9.17) is 0 Å². The first kappa shape index (κ1) is 26.0. The minimum absolute atomic E-state index is 0.0509. The molecule has 0 aromatic heterocycles. The number of benzene rings is 2. The van der Waals surface area contributed by atoms with Gasteiger partial charge in [0, 0.05) is 11.3 Å². The van der Waals surface area contributed by atoms with Crippen LogP contribution in [0.5, 0.6) is 0 Å². The Morgan fingerprint density at radius 2 is 1.50 bits per heavy atom. The molecule has 0 radical (unpaired) electrons. The largest absolute Gasteiger partial charge is 0.416 e. The van der Waals surface area contributed by atoms with Gasteiger partial charge in [0.1, 0.15) is 0 Å². The molecule has 1 N–H and O–H groups in total. The highest BCUT2D eigenvalue weighted by atomic mass is 32.2. The van der Waals surface area contributed by atoms with Gasteiger partial charge in [0.05, 0.1) is 11.6 Å². The maximum atomic E-state index is 12.8. The van der Waals surface area contributed by atoms with Crippen LogP contribution in [0.15, 0.2) is 48.5 Å². The number of thioether (sulfide) groups is 1. The van der Waals surface area contributed by atoms with E-state index in [-0.39, 0.29) is 16.1 Å². The fourth-order valence-corrected chi connectivity index (χ4v) is 3.94. The van der Waals surface area contributed by atoms with Crippen LogP contribution in [0.1, 0.15) is 74.0 Å². The molecule has 2 rings (SSSR count). The number of alkyl halides is 3. The molecule has 0 bridgehead atoms. The summed E-state index contributed by atoms with van der Waals surface area (Å²) in [5, 5.41) is 2.55. The van der Waals surface area contributed by atoms with E-state index in [1.807, 2.05) is 19.1 Å². The van der Waals surface area contributed by atoms with Crippen LogP contribution < -0.4 is 5.32 Å². The van der Waals surface area contributed by atoms with Gasteiger partial charge >= 0.3 is 6.18 Å². The molecule has 1 amide bonds. The molecule has 0 saturated carbocycles.